The normalized spacial score (nSPS) is 13.0. The van der Waals surface area contributed by atoms with Crippen molar-refractivity contribution in [1.82, 2.24) is 0 Å². The van der Waals surface area contributed by atoms with Crippen molar-refractivity contribution >= 4 is 22.5 Å². The molecule has 0 fully saturated rings. The van der Waals surface area contributed by atoms with Crippen molar-refractivity contribution in [3.05, 3.63) is 82.1 Å². The second-order valence-electron chi connectivity index (χ2n) is 5.95. The van der Waals surface area contributed by atoms with E-state index in [4.69, 9.17) is 4.42 Å². The number of aromatic hydroxyl groups is 1. The lowest BCUT2D eigenvalue weighted by molar-refractivity contribution is -0.132. The first kappa shape index (κ1) is 18.2. The van der Waals surface area contributed by atoms with Crippen molar-refractivity contribution in [3.63, 3.8) is 0 Å². The van der Waals surface area contributed by atoms with E-state index in [1.54, 1.807) is 44.2 Å². The monoisotopic (exact) mass is 362 g/mol. The molecule has 5 heteroatoms. The number of hydrogen-bond acceptors (Lipinski definition) is 4. The molecule has 0 spiro atoms. The van der Waals surface area contributed by atoms with Crippen LogP contribution < -0.4 is 5.43 Å². The van der Waals surface area contributed by atoms with Crippen LogP contribution in [0.4, 0.5) is 0 Å². The third kappa shape index (κ3) is 3.40. The van der Waals surface area contributed by atoms with Crippen molar-refractivity contribution in [2.45, 2.75) is 13.8 Å². The van der Waals surface area contributed by atoms with Gasteiger partial charge in [-0.05, 0) is 43.7 Å². The molecule has 0 radical (unpaired) electrons. The van der Waals surface area contributed by atoms with E-state index in [9.17, 15) is 19.8 Å². The van der Waals surface area contributed by atoms with Crippen LogP contribution >= 0.6 is 0 Å². The molecule has 3 rings (SSSR count). The molecular weight excluding hydrogens is 344 g/mol. The van der Waals surface area contributed by atoms with E-state index in [0.717, 1.165) is 0 Å². The van der Waals surface area contributed by atoms with Gasteiger partial charge in [-0.25, -0.2) is 4.79 Å². The molecule has 0 atom stereocenters. The number of fused-ring (bicyclic) bond motifs is 2. The summed E-state index contributed by atoms with van der Waals surface area (Å²) >= 11 is 0. The highest BCUT2D eigenvalue weighted by molar-refractivity contribution is 6.09. The van der Waals surface area contributed by atoms with E-state index in [0.29, 0.717) is 33.4 Å². The summed E-state index contributed by atoms with van der Waals surface area (Å²) in [5.74, 6) is -0.733. The fourth-order valence-electron chi connectivity index (χ4n) is 3.07. The zero-order valence-corrected chi connectivity index (χ0v) is 14.9. The number of aliphatic carboxylic acids is 1. The van der Waals surface area contributed by atoms with Crippen LogP contribution in [-0.2, 0) is 4.79 Å². The Hall–Kier alpha value is -3.60. The van der Waals surface area contributed by atoms with E-state index in [1.165, 1.54) is 30.3 Å². The van der Waals surface area contributed by atoms with Crippen molar-refractivity contribution < 1.29 is 19.4 Å². The second-order valence-corrected chi connectivity index (χ2v) is 5.95. The number of allylic oxidation sites excluding steroid dienone is 4. The molecule has 2 aliphatic rings. The van der Waals surface area contributed by atoms with Crippen LogP contribution in [0.3, 0.4) is 0 Å². The lowest BCUT2D eigenvalue weighted by Gasteiger charge is -2.17. The molecule has 136 valence electrons. The van der Waals surface area contributed by atoms with Crippen LogP contribution in [-0.4, -0.2) is 16.2 Å². The van der Waals surface area contributed by atoms with Gasteiger partial charge in [-0.1, -0.05) is 24.3 Å². The van der Waals surface area contributed by atoms with Crippen molar-refractivity contribution in [1.29, 1.82) is 0 Å². The third-order valence-corrected chi connectivity index (χ3v) is 4.13. The van der Waals surface area contributed by atoms with E-state index in [1.807, 2.05) is 0 Å². The number of carboxylic acids is 1. The van der Waals surface area contributed by atoms with Crippen LogP contribution in [0.15, 0.2) is 75.5 Å². The number of benzene rings is 2. The van der Waals surface area contributed by atoms with Gasteiger partial charge < -0.3 is 14.6 Å². The van der Waals surface area contributed by atoms with Gasteiger partial charge in [0.05, 0.1) is 5.57 Å². The molecule has 1 aliphatic carbocycles. The summed E-state index contributed by atoms with van der Waals surface area (Å²) in [5.41, 5.74) is 1.97. The summed E-state index contributed by atoms with van der Waals surface area (Å²) in [5, 5.41) is 20.2. The number of phenolic OH excluding ortho intramolecular Hbond substituents is 1. The van der Waals surface area contributed by atoms with Gasteiger partial charge >= 0.3 is 5.97 Å². The van der Waals surface area contributed by atoms with Gasteiger partial charge in [-0.3, -0.25) is 4.79 Å². The molecule has 0 unspecified atom stereocenters. The Morgan fingerprint density at radius 1 is 1.04 bits per heavy atom. The molecule has 1 aromatic carbocycles. The summed E-state index contributed by atoms with van der Waals surface area (Å²) in [6, 6.07) is 9.02. The van der Waals surface area contributed by atoms with Crippen LogP contribution in [0.2, 0.25) is 0 Å². The maximum atomic E-state index is 11.9. The lowest BCUT2D eigenvalue weighted by Crippen LogP contribution is -2.05. The minimum atomic E-state index is -1.07. The highest BCUT2D eigenvalue weighted by Crippen LogP contribution is 2.39. The third-order valence-electron chi connectivity index (χ3n) is 4.13. The molecule has 5 nitrogen and oxygen atoms in total. The van der Waals surface area contributed by atoms with Gasteiger partial charge in [0.25, 0.3) is 0 Å². The van der Waals surface area contributed by atoms with Crippen LogP contribution in [0.5, 0.6) is 5.75 Å². The molecule has 0 saturated heterocycles. The van der Waals surface area contributed by atoms with Gasteiger partial charge in [0.1, 0.15) is 17.1 Å². The molecule has 27 heavy (non-hydrogen) atoms. The maximum absolute atomic E-state index is 11.9. The summed E-state index contributed by atoms with van der Waals surface area (Å²) in [4.78, 5) is 23.7. The average Bonchev–Trinajstić information content (AvgIpc) is 2.62. The Kier molecular flexibility index (Phi) is 4.94. The molecule has 0 aromatic heterocycles. The zero-order valence-electron chi connectivity index (χ0n) is 14.9. The van der Waals surface area contributed by atoms with E-state index >= 15 is 0 Å². The van der Waals surface area contributed by atoms with Crippen LogP contribution in [0, 0.1) is 0 Å². The Bertz CT molecular complexity index is 1150. The molecule has 2 N–H and O–H groups in total. The highest BCUT2D eigenvalue weighted by Gasteiger charge is 2.21. The summed E-state index contributed by atoms with van der Waals surface area (Å²) in [6.07, 6.45) is 6.66. The molecule has 0 bridgehead atoms. The Labute approximate surface area is 155 Å². The number of carbonyl (C=O) groups is 1. The van der Waals surface area contributed by atoms with Crippen LogP contribution in [0.1, 0.15) is 19.4 Å². The fraction of sp³-hybridized carbons (Fsp3) is 0.0909. The van der Waals surface area contributed by atoms with E-state index < -0.39 is 5.97 Å². The molecule has 1 aromatic rings. The first-order chi connectivity index (χ1) is 13.0. The highest BCUT2D eigenvalue weighted by atomic mass is 16.4. The predicted molar refractivity (Wildman–Crippen MR) is 105 cm³/mol. The molecule has 1 heterocycles. The number of hydrogen-bond donors (Lipinski definition) is 2. The quantitative estimate of drug-likeness (QED) is 0.402. The van der Waals surface area contributed by atoms with Crippen molar-refractivity contribution in [3.8, 4) is 17.1 Å². The summed E-state index contributed by atoms with van der Waals surface area (Å²) < 4.78 is 5.80. The Balaban J connectivity index is 2.58. The van der Waals surface area contributed by atoms with E-state index in [2.05, 4.69) is 0 Å². The lowest BCUT2D eigenvalue weighted by atomic mass is 9.90. The number of rotatable bonds is 4. The van der Waals surface area contributed by atoms with Gasteiger partial charge in [-0.2, -0.15) is 0 Å². The summed E-state index contributed by atoms with van der Waals surface area (Å²) in [6.45, 7) is 3.54. The smallest absolute Gasteiger partial charge is 0.336 e. The molecule has 1 aliphatic heterocycles. The number of carboxylic acid groups (broad SMARTS) is 1. The van der Waals surface area contributed by atoms with Crippen molar-refractivity contribution in [2.75, 3.05) is 0 Å². The topological polar surface area (TPSA) is 87.7 Å². The second kappa shape index (κ2) is 7.33. The molecule has 0 amide bonds. The zero-order chi connectivity index (χ0) is 19.6. The van der Waals surface area contributed by atoms with Gasteiger partial charge in [0.15, 0.2) is 5.43 Å². The minimum Gasteiger partial charge on any atom is -0.508 e. The fourth-order valence-corrected chi connectivity index (χ4v) is 3.07. The van der Waals surface area contributed by atoms with Crippen molar-refractivity contribution in [2.24, 2.45) is 0 Å². The Morgan fingerprint density at radius 3 is 2.44 bits per heavy atom. The predicted octanol–water partition coefficient (Wildman–Crippen LogP) is 4.59. The number of phenols is 1. The maximum Gasteiger partial charge on any atom is 0.336 e. The first-order valence-corrected chi connectivity index (χ1v) is 8.39. The molecular formula is C22H18O5. The van der Waals surface area contributed by atoms with Gasteiger partial charge in [-0.15, -0.1) is 0 Å². The standard InChI is InChI=1S/C22H18O5/c1-3-5-15(16(6-4-2)22(25)26)21-17-9-7-13(23)11-19(17)27-20-12-14(24)8-10-18(20)21/h3-12,23H,1-2H3,(H,25,26)/b5-3-,6-4-,16-15-. The average molecular weight is 362 g/mol. The molecule has 0 saturated carbocycles. The van der Waals surface area contributed by atoms with E-state index in [-0.39, 0.29) is 16.8 Å². The summed E-state index contributed by atoms with van der Waals surface area (Å²) in [7, 11) is 0. The van der Waals surface area contributed by atoms with Gasteiger partial charge in [0, 0.05) is 28.6 Å². The first-order valence-electron chi connectivity index (χ1n) is 8.39. The largest absolute Gasteiger partial charge is 0.508 e. The minimum absolute atomic E-state index is 0.0123. The van der Waals surface area contributed by atoms with Gasteiger partial charge in [0.2, 0.25) is 0 Å². The van der Waals surface area contributed by atoms with Crippen LogP contribution in [0.25, 0.3) is 27.9 Å². The SMILES string of the molecule is C\C=C/C(C(=O)O)=C(\C=C/C)c1c2ccc(=O)cc-2oc2cc(O)ccc12. The Morgan fingerprint density at radius 2 is 1.78 bits per heavy atom.